The lowest BCUT2D eigenvalue weighted by Crippen LogP contribution is -2.51. The maximum Gasteiger partial charge on any atom is 0.317 e. The van der Waals surface area contributed by atoms with Crippen molar-refractivity contribution in [3.05, 3.63) is 0 Å². The fourth-order valence-electron chi connectivity index (χ4n) is 2.25. The minimum absolute atomic E-state index is 0.118. The summed E-state index contributed by atoms with van der Waals surface area (Å²) < 4.78 is 0. The molecule has 1 aliphatic heterocycles. The van der Waals surface area contributed by atoms with Gasteiger partial charge in [-0.25, -0.2) is 4.79 Å². The summed E-state index contributed by atoms with van der Waals surface area (Å²) >= 11 is 0. The van der Waals surface area contributed by atoms with E-state index in [9.17, 15) is 14.4 Å². The third-order valence-electron chi connectivity index (χ3n) is 3.69. The van der Waals surface area contributed by atoms with Crippen LogP contribution in [-0.2, 0) is 9.59 Å². The Labute approximate surface area is 125 Å². The fraction of sp³-hybridized carbons (Fsp3) is 0.786. The molecule has 7 heteroatoms. The second kappa shape index (κ2) is 7.28. The van der Waals surface area contributed by atoms with E-state index in [1.54, 1.807) is 13.8 Å². The normalized spacial score (nSPS) is 19.0. The Balaban J connectivity index is 2.49. The minimum atomic E-state index is -0.866. The van der Waals surface area contributed by atoms with E-state index in [0.29, 0.717) is 25.9 Å². The highest BCUT2D eigenvalue weighted by atomic mass is 16.4. The summed E-state index contributed by atoms with van der Waals surface area (Å²) in [5, 5.41) is 14.5. The van der Waals surface area contributed by atoms with Gasteiger partial charge in [0.05, 0.1) is 11.3 Å². The molecule has 0 aromatic rings. The van der Waals surface area contributed by atoms with Crippen molar-refractivity contribution in [1.29, 1.82) is 0 Å². The summed E-state index contributed by atoms with van der Waals surface area (Å²) in [4.78, 5) is 36.4. The number of carbonyl (C=O) groups is 3. The van der Waals surface area contributed by atoms with E-state index in [-0.39, 0.29) is 25.0 Å². The maximum atomic E-state index is 12.1. The number of rotatable bonds is 5. The highest BCUT2D eigenvalue weighted by molar-refractivity contribution is 5.83. The molecule has 21 heavy (non-hydrogen) atoms. The van der Waals surface area contributed by atoms with Gasteiger partial charge in [-0.05, 0) is 33.6 Å². The molecule has 3 amide bonds. The summed E-state index contributed by atoms with van der Waals surface area (Å²) in [5.41, 5.74) is -0.701. The zero-order valence-electron chi connectivity index (χ0n) is 12.9. The maximum absolute atomic E-state index is 12.1. The van der Waals surface area contributed by atoms with Crippen LogP contribution in [0.15, 0.2) is 0 Å². The Morgan fingerprint density at radius 1 is 1.29 bits per heavy atom. The number of carboxylic acid groups (broad SMARTS) is 1. The summed E-state index contributed by atoms with van der Waals surface area (Å²) in [5.74, 6) is -1.48. The van der Waals surface area contributed by atoms with Crippen molar-refractivity contribution in [2.75, 3.05) is 26.2 Å². The van der Waals surface area contributed by atoms with Crippen molar-refractivity contribution in [2.24, 2.45) is 11.3 Å². The number of carboxylic acids is 1. The van der Waals surface area contributed by atoms with Crippen molar-refractivity contribution < 1.29 is 19.5 Å². The molecular formula is C14H25N3O4. The number of nitrogens with zero attached hydrogens (tertiary/aromatic N) is 1. The van der Waals surface area contributed by atoms with Crippen LogP contribution >= 0.6 is 0 Å². The highest BCUT2D eigenvalue weighted by Crippen LogP contribution is 2.17. The predicted molar refractivity (Wildman–Crippen MR) is 77.8 cm³/mol. The smallest absolute Gasteiger partial charge is 0.317 e. The van der Waals surface area contributed by atoms with Crippen LogP contribution in [0.25, 0.3) is 0 Å². The number of likely N-dealkylation sites (tertiary alicyclic amines) is 1. The molecule has 0 aromatic carbocycles. The zero-order valence-corrected chi connectivity index (χ0v) is 12.9. The molecule has 1 fully saturated rings. The van der Waals surface area contributed by atoms with Gasteiger partial charge in [0, 0.05) is 26.2 Å². The number of aliphatic carboxylic acids is 1. The second-order valence-electron chi connectivity index (χ2n) is 6.03. The Hall–Kier alpha value is -1.79. The van der Waals surface area contributed by atoms with Crippen molar-refractivity contribution in [3.63, 3.8) is 0 Å². The molecule has 1 aliphatic rings. The van der Waals surface area contributed by atoms with E-state index >= 15 is 0 Å². The number of amides is 3. The molecule has 0 saturated carbocycles. The lowest BCUT2D eigenvalue weighted by atomic mass is 9.92. The standard InChI is InChI=1S/C14H25N3O4/c1-4-15-12(20)14(2,3)9-16-13(21)17-7-5-6-10(8-17)11(18)19/h10H,4-9H2,1-3H3,(H,15,20)(H,16,21)(H,18,19). The van der Waals surface area contributed by atoms with E-state index in [0.717, 1.165) is 0 Å². The lowest BCUT2D eigenvalue weighted by Gasteiger charge is -2.32. The summed E-state index contributed by atoms with van der Waals surface area (Å²) in [6, 6.07) is -0.307. The average Bonchev–Trinajstić information content (AvgIpc) is 2.45. The summed E-state index contributed by atoms with van der Waals surface area (Å²) in [6.45, 7) is 6.89. The van der Waals surface area contributed by atoms with Crippen molar-refractivity contribution in [3.8, 4) is 0 Å². The first-order valence-corrected chi connectivity index (χ1v) is 7.31. The third kappa shape index (κ3) is 4.91. The molecule has 0 spiro atoms. The van der Waals surface area contributed by atoms with Crippen LogP contribution in [0.5, 0.6) is 0 Å². The van der Waals surface area contributed by atoms with Crippen LogP contribution in [0.1, 0.15) is 33.6 Å². The first-order valence-electron chi connectivity index (χ1n) is 7.31. The molecule has 7 nitrogen and oxygen atoms in total. The van der Waals surface area contributed by atoms with Crippen molar-refractivity contribution in [2.45, 2.75) is 33.6 Å². The van der Waals surface area contributed by atoms with Crippen molar-refractivity contribution in [1.82, 2.24) is 15.5 Å². The third-order valence-corrected chi connectivity index (χ3v) is 3.69. The Morgan fingerprint density at radius 2 is 1.95 bits per heavy atom. The van der Waals surface area contributed by atoms with Gasteiger partial charge in [-0.3, -0.25) is 9.59 Å². The van der Waals surface area contributed by atoms with Crippen LogP contribution in [0.4, 0.5) is 4.79 Å². The van der Waals surface area contributed by atoms with Crippen LogP contribution < -0.4 is 10.6 Å². The Kier molecular flexibility index (Phi) is 5.99. The molecule has 1 heterocycles. The van der Waals surface area contributed by atoms with Crippen molar-refractivity contribution >= 4 is 17.9 Å². The molecular weight excluding hydrogens is 274 g/mol. The highest BCUT2D eigenvalue weighted by Gasteiger charge is 2.31. The van der Waals surface area contributed by atoms with Crippen LogP contribution in [0.2, 0.25) is 0 Å². The van der Waals surface area contributed by atoms with Gasteiger partial charge in [0.2, 0.25) is 5.91 Å². The number of piperidine rings is 1. The second-order valence-corrected chi connectivity index (χ2v) is 6.03. The van der Waals surface area contributed by atoms with E-state index in [1.807, 2.05) is 6.92 Å². The Bertz CT molecular complexity index is 409. The van der Waals surface area contributed by atoms with Gasteiger partial charge in [-0.1, -0.05) is 0 Å². The number of carbonyl (C=O) groups excluding carboxylic acids is 2. The molecule has 0 aromatic heterocycles. The fourth-order valence-corrected chi connectivity index (χ4v) is 2.25. The van der Waals surface area contributed by atoms with Gasteiger partial charge in [0.1, 0.15) is 0 Å². The molecule has 1 unspecified atom stereocenters. The monoisotopic (exact) mass is 299 g/mol. The number of nitrogens with one attached hydrogen (secondary N) is 2. The molecule has 0 radical (unpaired) electrons. The molecule has 0 bridgehead atoms. The molecule has 0 aliphatic carbocycles. The van der Waals surface area contributed by atoms with Gasteiger partial charge in [0.15, 0.2) is 0 Å². The van der Waals surface area contributed by atoms with Crippen LogP contribution in [0.3, 0.4) is 0 Å². The first kappa shape index (κ1) is 17.3. The van der Waals surface area contributed by atoms with E-state index in [4.69, 9.17) is 5.11 Å². The number of hydrogen-bond acceptors (Lipinski definition) is 3. The average molecular weight is 299 g/mol. The van der Waals surface area contributed by atoms with Crippen LogP contribution in [-0.4, -0.2) is 54.1 Å². The van der Waals surface area contributed by atoms with E-state index in [2.05, 4.69) is 10.6 Å². The number of hydrogen-bond donors (Lipinski definition) is 3. The molecule has 1 rings (SSSR count). The summed E-state index contributed by atoms with van der Waals surface area (Å²) in [6.07, 6.45) is 1.29. The molecule has 3 N–H and O–H groups in total. The minimum Gasteiger partial charge on any atom is -0.481 e. The van der Waals surface area contributed by atoms with Crippen LogP contribution in [0, 0.1) is 11.3 Å². The SMILES string of the molecule is CCNC(=O)C(C)(C)CNC(=O)N1CCCC(C(=O)O)C1. The molecule has 1 atom stereocenters. The van der Waals surface area contributed by atoms with E-state index in [1.165, 1.54) is 4.90 Å². The largest absolute Gasteiger partial charge is 0.481 e. The molecule has 1 saturated heterocycles. The first-order chi connectivity index (χ1) is 9.77. The van der Waals surface area contributed by atoms with Gasteiger partial charge < -0.3 is 20.6 Å². The summed E-state index contributed by atoms with van der Waals surface area (Å²) in [7, 11) is 0. The lowest BCUT2D eigenvalue weighted by molar-refractivity contribution is -0.143. The Morgan fingerprint density at radius 3 is 2.52 bits per heavy atom. The quantitative estimate of drug-likeness (QED) is 0.694. The zero-order chi connectivity index (χ0) is 16.0. The van der Waals surface area contributed by atoms with Gasteiger partial charge in [-0.2, -0.15) is 0 Å². The van der Waals surface area contributed by atoms with Gasteiger partial charge >= 0.3 is 12.0 Å². The van der Waals surface area contributed by atoms with Gasteiger partial charge in [-0.15, -0.1) is 0 Å². The topological polar surface area (TPSA) is 98.7 Å². The molecule has 120 valence electrons. The predicted octanol–water partition coefficient (Wildman–Crippen LogP) is 0.655. The van der Waals surface area contributed by atoms with E-state index < -0.39 is 17.3 Å². The number of urea groups is 1. The van der Waals surface area contributed by atoms with Gasteiger partial charge in [0.25, 0.3) is 0 Å².